The first-order chi connectivity index (χ1) is 8.63. The van der Waals surface area contributed by atoms with E-state index in [9.17, 15) is 0 Å². The molecule has 0 fully saturated rings. The molecule has 0 radical (unpaired) electrons. The van der Waals surface area contributed by atoms with Gasteiger partial charge in [-0.3, -0.25) is 0 Å². The summed E-state index contributed by atoms with van der Waals surface area (Å²) in [6.07, 6.45) is 2.25. The standard InChI is InChI=1S/C15H27NO2/c1-5-7-16-10-15-13(4)9-14(18-15)11-17-8-6-12(2)3/h9,12,16H,5-8,10-11H2,1-4H3. The summed E-state index contributed by atoms with van der Waals surface area (Å²) in [6, 6.07) is 2.08. The Morgan fingerprint density at radius 3 is 2.83 bits per heavy atom. The van der Waals surface area contributed by atoms with E-state index >= 15 is 0 Å². The number of rotatable bonds is 9. The molecule has 0 bridgehead atoms. The van der Waals surface area contributed by atoms with Crippen LogP contribution in [0.2, 0.25) is 0 Å². The Kier molecular flexibility index (Phi) is 7.06. The van der Waals surface area contributed by atoms with Crippen LogP contribution in [0.1, 0.15) is 50.7 Å². The van der Waals surface area contributed by atoms with Crippen LogP contribution in [0.4, 0.5) is 0 Å². The van der Waals surface area contributed by atoms with Crippen molar-refractivity contribution in [1.29, 1.82) is 0 Å². The van der Waals surface area contributed by atoms with Crippen LogP contribution in [0.3, 0.4) is 0 Å². The van der Waals surface area contributed by atoms with Gasteiger partial charge in [0.05, 0.1) is 6.54 Å². The molecule has 3 heteroatoms. The van der Waals surface area contributed by atoms with Crippen molar-refractivity contribution in [3.63, 3.8) is 0 Å². The number of nitrogens with one attached hydrogen (secondary N) is 1. The van der Waals surface area contributed by atoms with E-state index in [1.807, 2.05) is 0 Å². The lowest BCUT2D eigenvalue weighted by atomic mass is 10.1. The number of hydrogen-bond acceptors (Lipinski definition) is 3. The van der Waals surface area contributed by atoms with Crippen molar-refractivity contribution in [2.45, 2.75) is 53.7 Å². The fourth-order valence-electron chi connectivity index (χ4n) is 1.71. The van der Waals surface area contributed by atoms with Gasteiger partial charge in [-0.25, -0.2) is 0 Å². The van der Waals surface area contributed by atoms with Crippen LogP contribution in [0.5, 0.6) is 0 Å². The molecule has 0 unspecified atom stereocenters. The molecule has 0 spiro atoms. The molecule has 18 heavy (non-hydrogen) atoms. The highest BCUT2D eigenvalue weighted by Crippen LogP contribution is 2.15. The van der Waals surface area contributed by atoms with Gasteiger partial charge in [0, 0.05) is 6.61 Å². The quantitative estimate of drug-likeness (QED) is 0.682. The lowest BCUT2D eigenvalue weighted by Gasteiger charge is -2.04. The van der Waals surface area contributed by atoms with Gasteiger partial charge >= 0.3 is 0 Å². The molecule has 0 aliphatic rings. The third-order valence-electron chi connectivity index (χ3n) is 2.87. The first kappa shape index (κ1) is 15.3. The van der Waals surface area contributed by atoms with Gasteiger partial charge in [0.15, 0.2) is 0 Å². The minimum absolute atomic E-state index is 0.585. The molecule has 1 N–H and O–H groups in total. The minimum atomic E-state index is 0.585. The third-order valence-corrected chi connectivity index (χ3v) is 2.87. The van der Waals surface area contributed by atoms with Gasteiger partial charge in [-0.1, -0.05) is 20.8 Å². The number of aryl methyl sites for hydroxylation is 1. The predicted molar refractivity (Wildman–Crippen MR) is 74.6 cm³/mol. The molecule has 1 heterocycles. The Bertz CT molecular complexity index is 331. The summed E-state index contributed by atoms with van der Waals surface area (Å²) in [5, 5.41) is 3.35. The number of ether oxygens (including phenoxy) is 1. The second-order valence-electron chi connectivity index (χ2n) is 5.23. The van der Waals surface area contributed by atoms with E-state index < -0.39 is 0 Å². The first-order valence-corrected chi connectivity index (χ1v) is 7.00. The van der Waals surface area contributed by atoms with Gasteiger partial charge in [0.2, 0.25) is 0 Å². The van der Waals surface area contributed by atoms with Crippen molar-refractivity contribution in [1.82, 2.24) is 5.32 Å². The molecule has 0 aliphatic heterocycles. The fraction of sp³-hybridized carbons (Fsp3) is 0.733. The summed E-state index contributed by atoms with van der Waals surface area (Å²) in [7, 11) is 0. The van der Waals surface area contributed by atoms with Crippen molar-refractivity contribution in [3.05, 3.63) is 23.2 Å². The molecule has 1 rings (SSSR count). The minimum Gasteiger partial charge on any atom is -0.462 e. The van der Waals surface area contributed by atoms with E-state index in [1.165, 1.54) is 5.56 Å². The van der Waals surface area contributed by atoms with Crippen LogP contribution in [0.15, 0.2) is 10.5 Å². The first-order valence-electron chi connectivity index (χ1n) is 7.00. The Morgan fingerprint density at radius 1 is 1.39 bits per heavy atom. The predicted octanol–water partition coefficient (Wildman–Crippen LogP) is 3.65. The van der Waals surface area contributed by atoms with Gasteiger partial charge < -0.3 is 14.5 Å². The summed E-state index contributed by atoms with van der Waals surface area (Å²) in [4.78, 5) is 0. The normalized spacial score (nSPS) is 11.4. The third kappa shape index (κ3) is 5.69. The lowest BCUT2D eigenvalue weighted by Crippen LogP contribution is -2.13. The zero-order valence-corrected chi connectivity index (χ0v) is 12.2. The molecule has 0 atom stereocenters. The Morgan fingerprint density at radius 2 is 2.17 bits per heavy atom. The van der Waals surface area contributed by atoms with E-state index in [4.69, 9.17) is 9.15 Å². The van der Waals surface area contributed by atoms with E-state index in [0.29, 0.717) is 12.5 Å². The number of hydrogen-bond donors (Lipinski definition) is 1. The largest absolute Gasteiger partial charge is 0.462 e. The van der Waals surface area contributed by atoms with Crippen molar-refractivity contribution >= 4 is 0 Å². The Labute approximate surface area is 111 Å². The van der Waals surface area contributed by atoms with Gasteiger partial charge in [0.25, 0.3) is 0 Å². The summed E-state index contributed by atoms with van der Waals surface area (Å²) in [5.74, 6) is 2.66. The maximum atomic E-state index is 5.78. The summed E-state index contributed by atoms with van der Waals surface area (Å²) in [6.45, 7) is 11.9. The average molecular weight is 253 g/mol. The molecule has 0 amide bonds. The molecule has 1 aromatic rings. The van der Waals surface area contributed by atoms with Crippen molar-refractivity contribution in [3.8, 4) is 0 Å². The second-order valence-corrected chi connectivity index (χ2v) is 5.23. The molecular weight excluding hydrogens is 226 g/mol. The summed E-state index contributed by atoms with van der Waals surface area (Å²) < 4.78 is 11.4. The maximum absolute atomic E-state index is 5.78. The van der Waals surface area contributed by atoms with E-state index in [-0.39, 0.29) is 0 Å². The molecule has 0 saturated heterocycles. The molecule has 0 saturated carbocycles. The van der Waals surface area contributed by atoms with Crippen molar-refractivity contribution in [2.75, 3.05) is 13.2 Å². The molecule has 1 aromatic heterocycles. The van der Waals surface area contributed by atoms with Gasteiger partial charge in [-0.05, 0) is 43.9 Å². The maximum Gasteiger partial charge on any atom is 0.130 e. The van der Waals surface area contributed by atoms with Crippen molar-refractivity contribution < 1.29 is 9.15 Å². The highest BCUT2D eigenvalue weighted by molar-refractivity contribution is 5.19. The van der Waals surface area contributed by atoms with Crippen LogP contribution in [0.25, 0.3) is 0 Å². The van der Waals surface area contributed by atoms with Crippen LogP contribution < -0.4 is 5.32 Å². The lowest BCUT2D eigenvalue weighted by molar-refractivity contribution is 0.0960. The zero-order valence-electron chi connectivity index (χ0n) is 12.2. The van der Waals surface area contributed by atoms with Gasteiger partial charge in [0.1, 0.15) is 18.1 Å². The summed E-state index contributed by atoms with van der Waals surface area (Å²) in [5.41, 5.74) is 1.21. The Hall–Kier alpha value is -0.800. The van der Waals surface area contributed by atoms with E-state index in [0.717, 1.165) is 44.1 Å². The second kappa shape index (κ2) is 8.33. The fourth-order valence-corrected chi connectivity index (χ4v) is 1.71. The summed E-state index contributed by atoms with van der Waals surface area (Å²) >= 11 is 0. The SMILES string of the molecule is CCCNCc1oc(COCCC(C)C)cc1C. The highest BCUT2D eigenvalue weighted by Gasteiger charge is 2.07. The van der Waals surface area contributed by atoms with Gasteiger partial charge in [-0.15, -0.1) is 0 Å². The van der Waals surface area contributed by atoms with Crippen molar-refractivity contribution in [2.24, 2.45) is 5.92 Å². The molecule has 3 nitrogen and oxygen atoms in total. The van der Waals surface area contributed by atoms with Crippen LogP contribution >= 0.6 is 0 Å². The topological polar surface area (TPSA) is 34.4 Å². The van der Waals surface area contributed by atoms with E-state index in [2.05, 4.69) is 39.1 Å². The average Bonchev–Trinajstić information content (AvgIpc) is 2.66. The molecule has 0 aromatic carbocycles. The van der Waals surface area contributed by atoms with Gasteiger partial charge in [-0.2, -0.15) is 0 Å². The van der Waals surface area contributed by atoms with Crippen LogP contribution in [0, 0.1) is 12.8 Å². The molecule has 104 valence electrons. The van der Waals surface area contributed by atoms with Crippen LogP contribution in [-0.2, 0) is 17.9 Å². The highest BCUT2D eigenvalue weighted by atomic mass is 16.5. The smallest absolute Gasteiger partial charge is 0.130 e. The molecule has 0 aliphatic carbocycles. The number of furan rings is 1. The molecular formula is C15H27NO2. The van der Waals surface area contributed by atoms with Crippen LogP contribution in [-0.4, -0.2) is 13.2 Å². The Balaban J connectivity index is 2.31. The van der Waals surface area contributed by atoms with E-state index in [1.54, 1.807) is 0 Å². The monoisotopic (exact) mass is 253 g/mol. The zero-order chi connectivity index (χ0) is 13.4.